The number of carbonyl (C=O) groups is 3. The number of carboxylic acid groups (broad SMARTS) is 1. The van der Waals surface area contributed by atoms with Gasteiger partial charge in [0.25, 0.3) is 11.8 Å². The van der Waals surface area contributed by atoms with Crippen molar-refractivity contribution in [3.8, 4) is 0 Å². The van der Waals surface area contributed by atoms with E-state index in [1.54, 1.807) is 44.3 Å². The fourth-order valence-electron chi connectivity index (χ4n) is 4.13. The van der Waals surface area contributed by atoms with Crippen molar-refractivity contribution >= 4 is 34.5 Å². The van der Waals surface area contributed by atoms with Crippen molar-refractivity contribution in [2.24, 2.45) is 7.05 Å². The van der Waals surface area contributed by atoms with Gasteiger partial charge in [-0.1, -0.05) is 18.2 Å². The fraction of sp³-hybridized carbons (Fsp3) is 0.154. The van der Waals surface area contributed by atoms with Crippen LogP contribution in [0.2, 0.25) is 0 Å². The van der Waals surface area contributed by atoms with E-state index in [1.165, 1.54) is 29.0 Å². The predicted molar refractivity (Wildman–Crippen MR) is 138 cm³/mol. The van der Waals surface area contributed by atoms with E-state index in [0.717, 1.165) is 4.40 Å². The third-order valence-corrected chi connectivity index (χ3v) is 6.29. The van der Waals surface area contributed by atoms with Gasteiger partial charge in [0.2, 0.25) is 0 Å². The molecular formula is C26H22N6O7. The third-order valence-electron chi connectivity index (χ3n) is 6.29. The van der Waals surface area contributed by atoms with Gasteiger partial charge in [-0.3, -0.25) is 14.2 Å². The number of fused-ring (bicyclic) bond motifs is 2. The Hall–Kier alpha value is -5.46. The number of amides is 2. The van der Waals surface area contributed by atoms with Gasteiger partial charge in [-0.25, -0.2) is 23.8 Å². The number of H-pyrrole nitrogens is 1. The van der Waals surface area contributed by atoms with Gasteiger partial charge in [0.1, 0.15) is 11.4 Å². The Balaban J connectivity index is 1.38. The number of oxazole rings is 1. The zero-order chi connectivity index (χ0) is 27.8. The quantitative estimate of drug-likeness (QED) is 0.245. The Kier molecular flexibility index (Phi) is 6.32. The van der Waals surface area contributed by atoms with E-state index in [-0.39, 0.29) is 29.1 Å². The monoisotopic (exact) mass is 530 g/mol. The first-order valence-electron chi connectivity index (χ1n) is 11.7. The molecule has 0 saturated heterocycles. The van der Waals surface area contributed by atoms with Crippen LogP contribution < -0.4 is 22.1 Å². The van der Waals surface area contributed by atoms with Crippen molar-refractivity contribution in [3.63, 3.8) is 0 Å². The number of imidazole rings is 1. The molecule has 0 aliphatic rings. The van der Waals surface area contributed by atoms with Gasteiger partial charge in [-0.15, -0.1) is 0 Å². The number of carbonyl (C=O) groups excluding carboxylic acids is 2. The van der Waals surface area contributed by atoms with E-state index in [4.69, 9.17) is 9.52 Å². The number of aryl methyl sites for hydroxylation is 1. The zero-order valence-electron chi connectivity index (χ0n) is 20.7. The maximum absolute atomic E-state index is 13.2. The molecule has 2 aromatic carbocycles. The molecule has 1 atom stereocenters. The molecule has 3 aromatic heterocycles. The van der Waals surface area contributed by atoms with Crippen LogP contribution in [0, 0.1) is 0 Å². The van der Waals surface area contributed by atoms with Crippen LogP contribution in [0.4, 0.5) is 0 Å². The number of hydrogen-bond donors (Lipinski definition) is 4. The third kappa shape index (κ3) is 4.80. The minimum absolute atomic E-state index is 0.0751. The van der Waals surface area contributed by atoms with Crippen molar-refractivity contribution < 1.29 is 23.9 Å². The Morgan fingerprint density at radius 3 is 2.54 bits per heavy atom. The SMILES string of the molecule is C[C@H](NC(=O)c1cc(C(=O)NCc2ccc3oc(=O)n(C)c3c2)nc2c[nH]c(=O)n12)c1ccc(C(=O)O)cc1. The van der Waals surface area contributed by atoms with Gasteiger partial charge in [0, 0.05) is 19.8 Å². The van der Waals surface area contributed by atoms with Crippen LogP contribution in [0.15, 0.2) is 68.7 Å². The highest BCUT2D eigenvalue weighted by Gasteiger charge is 2.21. The number of benzene rings is 2. The summed E-state index contributed by atoms with van der Waals surface area (Å²) in [6, 6.07) is 11.7. The van der Waals surface area contributed by atoms with Gasteiger partial charge in [-0.05, 0) is 48.4 Å². The maximum Gasteiger partial charge on any atom is 0.419 e. The number of carboxylic acids is 1. The molecule has 0 aliphatic carbocycles. The largest absolute Gasteiger partial charge is 0.478 e. The summed E-state index contributed by atoms with van der Waals surface area (Å²) < 4.78 is 7.52. The van der Waals surface area contributed by atoms with Gasteiger partial charge < -0.3 is 25.1 Å². The number of aromatic amines is 1. The topological polar surface area (TPSA) is 181 Å². The minimum Gasteiger partial charge on any atom is -0.478 e. The normalized spacial score (nSPS) is 11.9. The Bertz CT molecular complexity index is 1880. The molecule has 0 bridgehead atoms. The molecule has 5 rings (SSSR count). The molecule has 0 unspecified atom stereocenters. The first kappa shape index (κ1) is 25.2. The highest BCUT2D eigenvalue weighted by molar-refractivity contribution is 5.98. The number of hydrogen-bond acceptors (Lipinski definition) is 7. The van der Waals surface area contributed by atoms with Crippen molar-refractivity contribution in [1.29, 1.82) is 0 Å². The van der Waals surface area contributed by atoms with Gasteiger partial charge in [0.15, 0.2) is 11.2 Å². The van der Waals surface area contributed by atoms with Crippen LogP contribution in [0.25, 0.3) is 16.7 Å². The highest BCUT2D eigenvalue weighted by Crippen LogP contribution is 2.16. The predicted octanol–water partition coefficient (Wildman–Crippen LogP) is 1.59. The van der Waals surface area contributed by atoms with Crippen molar-refractivity contribution in [3.05, 3.63) is 104 Å². The number of nitrogens with zero attached hydrogens (tertiary/aromatic N) is 3. The number of aromatic carboxylic acids is 1. The molecule has 0 radical (unpaired) electrons. The van der Waals surface area contributed by atoms with E-state index in [1.807, 2.05) is 0 Å². The van der Waals surface area contributed by atoms with Crippen LogP contribution in [0.5, 0.6) is 0 Å². The molecule has 4 N–H and O–H groups in total. The second-order valence-electron chi connectivity index (χ2n) is 8.85. The lowest BCUT2D eigenvalue weighted by molar-refractivity contribution is 0.0696. The number of rotatable bonds is 7. The smallest absolute Gasteiger partial charge is 0.419 e. The van der Waals surface area contributed by atoms with E-state index < -0.39 is 35.3 Å². The van der Waals surface area contributed by atoms with Crippen LogP contribution >= 0.6 is 0 Å². The van der Waals surface area contributed by atoms with Gasteiger partial charge in [0.05, 0.1) is 17.1 Å². The molecule has 0 aliphatic heterocycles. The average Bonchev–Trinajstić information content (AvgIpc) is 3.44. The molecule has 39 heavy (non-hydrogen) atoms. The fourth-order valence-corrected chi connectivity index (χ4v) is 4.13. The van der Waals surface area contributed by atoms with Crippen molar-refractivity contribution in [2.75, 3.05) is 0 Å². The average molecular weight is 530 g/mol. The maximum atomic E-state index is 13.2. The molecule has 13 heteroatoms. The van der Waals surface area contributed by atoms with Crippen molar-refractivity contribution in [1.82, 2.24) is 29.6 Å². The van der Waals surface area contributed by atoms with Crippen molar-refractivity contribution in [2.45, 2.75) is 19.5 Å². The van der Waals surface area contributed by atoms with Crippen LogP contribution in [0.1, 0.15) is 55.4 Å². The second-order valence-corrected chi connectivity index (χ2v) is 8.85. The first-order valence-corrected chi connectivity index (χ1v) is 11.7. The van der Waals surface area contributed by atoms with Crippen LogP contribution in [-0.4, -0.2) is 41.8 Å². The summed E-state index contributed by atoms with van der Waals surface area (Å²) in [6.07, 6.45) is 1.29. The molecule has 3 heterocycles. The lowest BCUT2D eigenvalue weighted by Crippen LogP contribution is -2.32. The molecular weight excluding hydrogens is 508 g/mol. The van der Waals surface area contributed by atoms with Gasteiger partial charge in [-0.2, -0.15) is 0 Å². The lowest BCUT2D eigenvalue weighted by Gasteiger charge is -2.15. The molecule has 0 spiro atoms. The molecule has 5 aromatic rings. The summed E-state index contributed by atoms with van der Waals surface area (Å²) >= 11 is 0. The molecule has 2 amide bonds. The Morgan fingerprint density at radius 2 is 1.82 bits per heavy atom. The van der Waals surface area contributed by atoms with E-state index in [9.17, 15) is 24.0 Å². The van der Waals surface area contributed by atoms with E-state index in [2.05, 4.69) is 20.6 Å². The minimum atomic E-state index is -1.07. The summed E-state index contributed by atoms with van der Waals surface area (Å²) in [5.41, 5.74) is 1.72. The molecule has 0 saturated carbocycles. The second kappa shape index (κ2) is 9.78. The molecule has 13 nitrogen and oxygen atoms in total. The van der Waals surface area contributed by atoms with E-state index >= 15 is 0 Å². The van der Waals surface area contributed by atoms with Gasteiger partial charge >= 0.3 is 17.4 Å². The lowest BCUT2D eigenvalue weighted by atomic mass is 10.1. The van der Waals surface area contributed by atoms with Crippen LogP contribution in [-0.2, 0) is 13.6 Å². The zero-order valence-corrected chi connectivity index (χ0v) is 20.7. The summed E-state index contributed by atoms with van der Waals surface area (Å²) in [4.78, 5) is 68.1. The van der Waals surface area contributed by atoms with E-state index in [0.29, 0.717) is 22.2 Å². The highest BCUT2D eigenvalue weighted by atomic mass is 16.4. The Morgan fingerprint density at radius 1 is 1.08 bits per heavy atom. The number of nitrogens with one attached hydrogen (secondary N) is 3. The Labute approximate surface area is 218 Å². The summed E-state index contributed by atoms with van der Waals surface area (Å²) in [5.74, 6) is -2.79. The van der Waals surface area contributed by atoms with Crippen LogP contribution in [0.3, 0.4) is 0 Å². The molecule has 198 valence electrons. The first-order chi connectivity index (χ1) is 18.6. The summed E-state index contributed by atoms with van der Waals surface area (Å²) in [6.45, 7) is 1.80. The molecule has 0 fully saturated rings. The summed E-state index contributed by atoms with van der Waals surface area (Å²) in [7, 11) is 1.58. The number of aromatic nitrogens is 4. The standard InChI is InChI=1S/C26H22N6O7/c1-13(15-4-6-16(7-5-15)24(35)36)29-23(34)19-10-17(30-21-12-28-25(37)32(19)21)22(33)27-11-14-3-8-20-18(9-14)31(2)26(38)39-20/h3-10,12-13H,11H2,1-2H3,(H,27,33)(H,28,37)(H,29,34)(H,35,36)/t13-/m0/s1. The summed E-state index contributed by atoms with van der Waals surface area (Å²) in [5, 5.41) is 14.6.